The van der Waals surface area contributed by atoms with Crippen molar-refractivity contribution in [3.05, 3.63) is 64.7 Å². The number of hydrogen-bond acceptors (Lipinski definition) is 5. The van der Waals surface area contributed by atoms with Gasteiger partial charge in [0.1, 0.15) is 6.10 Å². The van der Waals surface area contributed by atoms with Crippen LogP contribution in [0.5, 0.6) is 0 Å². The molecule has 3 heterocycles. The molecule has 0 aliphatic carbocycles. The molecule has 1 saturated heterocycles. The average Bonchev–Trinajstić information content (AvgIpc) is 3.28. The first-order valence-corrected chi connectivity index (χ1v) is 8.93. The second kappa shape index (κ2) is 8.55. The van der Waals surface area contributed by atoms with Crippen molar-refractivity contribution in [1.29, 1.82) is 0 Å². The molecule has 148 valence electrons. The molecule has 0 bridgehead atoms. The average molecular weight is 404 g/mol. The van der Waals surface area contributed by atoms with Crippen LogP contribution in [0.3, 0.4) is 0 Å². The Kier molecular flexibility index (Phi) is 6.13. The molecule has 3 aromatic rings. The van der Waals surface area contributed by atoms with E-state index in [1.54, 1.807) is 18.3 Å². The number of rotatable bonds is 5. The summed E-state index contributed by atoms with van der Waals surface area (Å²) in [6, 6.07) is 12.8. The largest absolute Gasteiger partial charge is 0.364 e. The van der Waals surface area contributed by atoms with Crippen LogP contribution in [0, 0.1) is 0 Å². The van der Waals surface area contributed by atoms with Gasteiger partial charge in [-0.15, -0.1) is 17.5 Å². The number of nitrogens with one attached hydrogen (secondary N) is 1. The van der Waals surface area contributed by atoms with Crippen LogP contribution in [0.25, 0.3) is 5.65 Å². The predicted octanol–water partition coefficient (Wildman–Crippen LogP) is 1.41. The Hall–Kier alpha value is -2.68. The SMILES string of the molecule is Cl.NC[C@H]1CC[C@@H](C(=O)Nc2cccc(Cn3nc4ccccn4c3=O)c2)O1. The van der Waals surface area contributed by atoms with E-state index in [-0.39, 0.29) is 30.1 Å². The van der Waals surface area contributed by atoms with Crippen molar-refractivity contribution in [2.45, 2.75) is 31.6 Å². The molecule has 3 N–H and O–H groups in total. The number of halogens is 1. The third-order valence-corrected chi connectivity index (χ3v) is 4.68. The van der Waals surface area contributed by atoms with Crippen LogP contribution >= 0.6 is 12.4 Å². The molecule has 4 rings (SSSR count). The molecule has 1 amide bonds. The maximum absolute atomic E-state index is 12.4. The van der Waals surface area contributed by atoms with Gasteiger partial charge in [0.25, 0.3) is 5.91 Å². The summed E-state index contributed by atoms with van der Waals surface area (Å²) in [7, 11) is 0. The fourth-order valence-electron chi connectivity index (χ4n) is 3.29. The number of nitrogens with two attached hydrogens (primary N) is 1. The Balaban J connectivity index is 0.00000225. The number of aromatic nitrogens is 3. The summed E-state index contributed by atoms with van der Waals surface area (Å²) >= 11 is 0. The molecule has 0 unspecified atom stereocenters. The molecule has 28 heavy (non-hydrogen) atoms. The molecule has 0 spiro atoms. The van der Waals surface area contributed by atoms with E-state index >= 15 is 0 Å². The number of hydrogen-bond donors (Lipinski definition) is 2. The van der Waals surface area contributed by atoms with Crippen LogP contribution in [-0.2, 0) is 16.1 Å². The highest BCUT2D eigenvalue weighted by molar-refractivity contribution is 5.94. The number of benzene rings is 1. The number of anilines is 1. The highest BCUT2D eigenvalue weighted by Crippen LogP contribution is 2.21. The van der Waals surface area contributed by atoms with E-state index in [0.29, 0.717) is 30.8 Å². The van der Waals surface area contributed by atoms with Gasteiger partial charge in [0.05, 0.1) is 12.6 Å². The Morgan fingerprint density at radius 1 is 1.25 bits per heavy atom. The van der Waals surface area contributed by atoms with Crippen molar-refractivity contribution < 1.29 is 9.53 Å². The van der Waals surface area contributed by atoms with Gasteiger partial charge in [-0.25, -0.2) is 9.48 Å². The van der Waals surface area contributed by atoms with Crippen LogP contribution in [0.15, 0.2) is 53.5 Å². The van der Waals surface area contributed by atoms with Crippen LogP contribution in [0.2, 0.25) is 0 Å². The molecule has 1 aromatic carbocycles. The lowest BCUT2D eigenvalue weighted by Crippen LogP contribution is -2.29. The van der Waals surface area contributed by atoms with Crippen molar-refractivity contribution in [3.8, 4) is 0 Å². The highest BCUT2D eigenvalue weighted by atomic mass is 35.5. The minimum absolute atomic E-state index is 0. The van der Waals surface area contributed by atoms with Gasteiger partial charge < -0.3 is 15.8 Å². The monoisotopic (exact) mass is 403 g/mol. The zero-order valence-electron chi connectivity index (χ0n) is 15.2. The fourth-order valence-corrected chi connectivity index (χ4v) is 3.29. The van der Waals surface area contributed by atoms with E-state index in [9.17, 15) is 9.59 Å². The van der Waals surface area contributed by atoms with E-state index in [4.69, 9.17) is 10.5 Å². The van der Waals surface area contributed by atoms with Crippen LogP contribution in [0.4, 0.5) is 5.69 Å². The van der Waals surface area contributed by atoms with Crippen LogP contribution in [0.1, 0.15) is 18.4 Å². The number of carbonyl (C=O) groups is 1. The van der Waals surface area contributed by atoms with E-state index in [1.807, 2.05) is 30.3 Å². The zero-order valence-corrected chi connectivity index (χ0v) is 16.0. The predicted molar refractivity (Wildman–Crippen MR) is 108 cm³/mol. The number of ether oxygens (including phenoxy) is 1. The summed E-state index contributed by atoms with van der Waals surface area (Å²) in [5.41, 5.74) is 7.51. The van der Waals surface area contributed by atoms with Gasteiger partial charge in [0.2, 0.25) is 0 Å². The number of amides is 1. The first-order valence-electron chi connectivity index (χ1n) is 8.93. The van der Waals surface area contributed by atoms with Crippen LogP contribution in [-0.4, -0.2) is 38.8 Å². The fraction of sp³-hybridized carbons (Fsp3) is 0.316. The molecule has 0 radical (unpaired) electrons. The lowest BCUT2D eigenvalue weighted by molar-refractivity contribution is -0.126. The Morgan fingerprint density at radius 2 is 2.11 bits per heavy atom. The number of nitrogens with zero attached hydrogens (tertiary/aromatic N) is 3. The zero-order chi connectivity index (χ0) is 18.8. The normalized spacial score (nSPS) is 18.8. The summed E-state index contributed by atoms with van der Waals surface area (Å²) < 4.78 is 8.53. The molecule has 1 fully saturated rings. The van der Waals surface area contributed by atoms with Gasteiger partial charge >= 0.3 is 5.69 Å². The Bertz CT molecular complexity index is 1030. The summed E-state index contributed by atoms with van der Waals surface area (Å²) in [6.45, 7) is 0.742. The van der Waals surface area contributed by atoms with Crippen molar-refractivity contribution in [1.82, 2.24) is 14.2 Å². The van der Waals surface area contributed by atoms with E-state index in [0.717, 1.165) is 12.0 Å². The molecular formula is C19H22ClN5O3. The lowest BCUT2D eigenvalue weighted by Gasteiger charge is -2.13. The summed E-state index contributed by atoms with van der Waals surface area (Å²) in [5.74, 6) is -0.173. The lowest BCUT2D eigenvalue weighted by atomic mass is 10.1. The molecule has 9 heteroatoms. The summed E-state index contributed by atoms with van der Waals surface area (Å²) in [6.07, 6.45) is 2.64. The maximum atomic E-state index is 12.4. The van der Waals surface area contributed by atoms with Gasteiger partial charge in [-0.2, -0.15) is 0 Å². The van der Waals surface area contributed by atoms with E-state index in [2.05, 4.69) is 10.4 Å². The van der Waals surface area contributed by atoms with Crippen LogP contribution < -0.4 is 16.7 Å². The summed E-state index contributed by atoms with van der Waals surface area (Å²) in [5, 5.41) is 7.20. The topological polar surface area (TPSA) is 104 Å². The highest BCUT2D eigenvalue weighted by Gasteiger charge is 2.29. The third kappa shape index (κ3) is 4.09. The first kappa shape index (κ1) is 20.1. The second-order valence-corrected chi connectivity index (χ2v) is 6.62. The van der Waals surface area contributed by atoms with Crippen molar-refractivity contribution in [2.75, 3.05) is 11.9 Å². The van der Waals surface area contributed by atoms with E-state index < -0.39 is 6.10 Å². The molecule has 2 atom stereocenters. The van der Waals surface area contributed by atoms with Crippen molar-refractivity contribution in [2.24, 2.45) is 5.73 Å². The van der Waals surface area contributed by atoms with Crippen molar-refractivity contribution >= 4 is 29.6 Å². The number of fused-ring (bicyclic) bond motifs is 1. The molecule has 2 aromatic heterocycles. The van der Waals surface area contributed by atoms with Gasteiger partial charge in [-0.1, -0.05) is 18.2 Å². The molecule has 0 saturated carbocycles. The van der Waals surface area contributed by atoms with Gasteiger partial charge in [-0.05, 0) is 42.7 Å². The number of carbonyl (C=O) groups excluding carboxylic acids is 1. The third-order valence-electron chi connectivity index (χ3n) is 4.68. The minimum Gasteiger partial charge on any atom is -0.364 e. The first-order chi connectivity index (χ1) is 13.1. The van der Waals surface area contributed by atoms with E-state index in [1.165, 1.54) is 9.08 Å². The molecule has 1 aliphatic heterocycles. The number of pyridine rings is 1. The standard InChI is InChI=1S/C19H21N5O3.ClH/c20-11-15-7-8-16(27-15)18(25)21-14-5-3-4-13(10-14)12-24-19(26)23-9-2-1-6-17(23)22-24;/h1-6,9-10,15-16H,7-8,11-12,20H2,(H,21,25);1H/t15-,16+;/m1./s1. The Morgan fingerprint density at radius 3 is 2.86 bits per heavy atom. The second-order valence-electron chi connectivity index (χ2n) is 6.62. The van der Waals surface area contributed by atoms with Crippen molar-refractivity contribution in [3.63, 3.8) is 0 Å². The maximum Gasteiger partial charge on any atom is 0.350 e. The van der Waals surface area contributed by atoms with Gasteiger partial charge in [-0.3, -0.25) is 9.20 Å². The molecule has 8 nitrogen and oxygen atoms in total. The minimum atomic E-state index is -0.469. The Labute approximate surface area is 167 Å². The summed E-state index contributed by atoms with van der Waals surface area (Å²) in [4.78, 5) is 24.8. The molecular weight excluding hydrogens is 382 g/mol. The van der Waals surface area contributed by atoms with Gasteiger partial charge in [0.15, 0.2) is 5.65 Å². The quantitative estimate of drug-likeness (QED) is 0.670. The van der Waals surface area contributed by atoms with Gasteiger partial charge in [0, 0.05) is 18.4 Å². The smallest absolute Gasteiger partial charge is 0.350 e. The molecule has 1 aliphatic rings.